The molecule has 2 aliphatic rings. The van der Waals surface area contributed by atoms with E-state index in [-0.39, 0.29) is 18.8 Å². The predicted octanol–water partition coefficient (Wildman–Crippen LogP) is 5.21. The molecular formula is C22H39N4O5PS. The molecule has 9 nitrogen and oxygen atoms in total. The van der Waals surface area contributed by atoms with Crippen molar-refractivity contribution in [1.29, 1.82) is 0 Å². The number of aryl methyl sites for hydroxylation is 1. The molecule has 1 aliphatic heterocycles. The van der Waals surface area contributed by atoms with Crippen molar-refractivity contribution < 1.29 is 23.6 Å². The first-order valence-corrected chi connectivity index (χ1v) is 14.3. The van der Waals surface area contributed by atoms with Crippen molar-refractivity contribution in [2.24, 2.45) is 10.9 Å². The first kappa shape index (κ1) is 28.2. The molecule has 0 aromatic carbocycles. The van der Waals surface area contributed by atoms with Gasteiger partial charge >= 0.3 is 7.82 Å². The van der Waals surface area contributed by atoms with Gasteiger partial charge in [-0.2, -0.15) is 0 Å². The Bertz CT molecular complexity index is 778. The van der Waals surface area contributed by atoms with Crippen LogP contribution < -0.4 is 5.73 Å². The molecule has 0 bridgehead atoms. The third kappa shape index (κ3) is 10.8. The third-order valence-corrected chi connectivity index (χ3v) is 7.31. The first-order chi connectivity index (χ1) is 15.7. The van der Waals surface area contributed by atoms with E-state index in [1.165, 1.54) is 25.7 Å². The summed E-state index contributed by atoms with van der Waals surface area (Å²) in [7, 11) is -4.34. The molecule has 1 aromatic heterocycles. The summed E-state index contributed by atoms with van der Waals surface area (Å²) < 4.78 is 20.5. The Morgan fingerprint density at radius 2 is 1.94 bits per heavy atom. The zero-order valence-corrected chi connectivity index (χ0v) is 21.7. The van der Waals surface area contributed by atoms with Crippen LogP contribution in [-0.2, 0) is 13.8 Å². The minimum absolute atomic E-state index is 0.00704. The predicted molar refractivity (Wildman–Crippen MR) is 133 cm³/mol. The Balaban J connectivity index is 0.000000238. The van der Waals surface area contributed by atoms with Crippen LogP contribution in [0.3, 0.4) is 0 Å². The van der Waals surface area contributed by atoms with Crippen LogP contribution in [0.4, 0.5) is 11.5 Å². The highest BCUT2D eigenvalue weighted by Crippen LogP contribution is 2.37. The molecule has 2 heterocycles. The molecule has 2 fully saturated rings. The number of hydrogen-bond acceptors (Lipinski definition) is 8. The van der Waals surface area contributed by atoms with Gasteiger partial charge in [-0.25, -0.2) is 14.5 Å². The number of nitrogens with zero attached hydrogens (tertiary/aromatic N) is 3. The van der Waals surface area contributed by atoms with E-state index in [4.69, 9.17) is 20.3 Å². The number of nitrogens with two attached hydrogens (primary N) is 1. The van der Waals surface area contributed by atoms with E-state index in [2.05, 4.69) is 26.4 Å². The van der Waals surface area contributed by atoms with Gasteiger partial charge in [-0.15, -0.1) is 0 Å². The first-order valence-electron chi connectivity index (χ1n) is 11.8. The summed E-state index contributed by atoms with van der Waals surface area (Å²) in [6, 6.07) is 0. The van der Waals surface area contributed by atoms with Crippen LogP contribution in [0, 0.1) is 12.8 Å². The molecule has 33 heavy (non-hydrogen) atoms. The fraction of sp³-hybridized carbons (Fsp3) is 0.773. The van der Waals surface area contributed by atoms with E-state index in [0.29, 0.717) is 11.5 Å². The Hall–Kier alpha value is -1.03. The number of hydrogen-bond donors (Lipinski definition) is 3. The van der Waals surface area contributed by atoms with E-state index in [1.807, 2.05) is 13.8 Å². The van der Waals surface area contributed by atoms with Crippen LogP contribution in [0.15, 0.2) is 10.1 Å². The zero-order valence-electron chi connectivity index (χ0n) is 20.0. The molecule has 2 atom stereocenters. The molecule has 0 radical (unpaired) electrons. The summed E-state index contributed by atoms with van der Waals surface area (Å²) in [6.45, 7) is 5.91. The van der Waals surface area contributed by atoms with Crippen LogP contribution in [-0.4, -0.2) is 50.5 Å². The average molecular weight is 503 g/mol. The monoisotopic (exact) mass is 502 g/mol. The summed E-state index contributed by atoms with van der Waals surface area (Å²) in [6.07, 6.45) is 12.4. The van der Waals surface area contributed by atoms with Gasteiger partial charge in [-0.05, 0) is 51.9 Å². The number of phosphoric acid groups is 1. The molecule has 188 valence electrons. The van der Waals surface area contributed by atoms with Gasteiger partial charge < -0.3 is 20.3 Å². The molecule has 1 saturated heterocycles. The van der Waals surface area contributed by atoms with Crippen molar-refractivity contribution in [2.75, 3.05) is 18.1 Å². The lowest BCUT2D eigenvalue weighted by molar-refractivity contribution is 0.00707. The number of rotatable bonds is 10. The van der Waals surface area contributed by atoms with E-state index in [0.717, 1.165) is 54.6 Å². The van der Waals surface area contributed by atoms with E-state index < -0.39 is 7.82 Å². The lowest BCUT2D eigenvalue weighted by atomic mass is 10.1. The molecule has 1 unspecified atom stereocenters. The smallest absolute Gasteiger partial charge is 0.382 e. The molecule has 3 rings (SSSR count). The van der Waals surface area contributed by atoms with Crippen molar-refractivity contribution >= 4 is 37.3 Å². The number of aromatic nitrogens is 2. The second-order valence-electron chi connectivity index (χ2n) is 8.56. The standard InChI is InChI=1S/C13H20N4S.C9H19O5P/c1-3-15-11-9(2)16-13(17-12(11)14)18-8-10-6-4-5-7-10;1-2-3-4-8-5-6-9(14-8)7-13-15(10,11)12/h3,10H,4-8H2,1-2H3,(H2,14,16,17);8-9H,2-7H2,1H3,(H2,10,11,12)/t;8-,9?/m.0/s1. The normalized spacial score (nSPS) is 21.5. The van der Waals surface area contributed by atoms with Gasteiger partial charge in [-0.1, -0.05) is 44.4 Å². The van der Waals surface area contributed by atoms with E-state index in [1.54, 1.807) is 18.0 Å². The number of phosphoric ester groups is 1. The SMILES string of the molecule is CC=Nc1c(C)nc(SCC2CCCC2)nc1N.CCCC[C@H]1CCC(COP(=O)(O)O)O1. The topological polar surface area (TPSA) is 140 Å². The number of nitrogen functional groups attached to an aromatic ring is 1. The molecule has 0 spiro atoms. The number of anilines is 1. The maximum Gasteiger partial charge on any atom is 0.469 e. The fourth-order valence-electron chi connectivity index (χ4n) is 4.01. The number of aliphatic imine (C=N–C) groups is 1. The number of thioether (sulfide) groups is 1. The van der Waals surface area contributed by atoms with Gasteiger partial charge in [0.25, 0.3) is 0 Å². The molecule has 1 aliphatic carbocycles. The summed E-state index contributed by atoms with van der Waals surface area (Å²) in [5.41, 5.74) is 7.47. The van der Waals surface area contributed by atoms with Crippen molar-refractivity contribution in [1.82, 2.24) is 9.97 Å². The third-order valence-electron chi connectivity index (χ3n) is 5.75. The lowest BCUT2D eigenvalue weighted by Gasteiger charge is -2.13. The molecule has 4 N–H and O–H groups in total. The number of ether oxygens (including phenoxy) is 1. The zero-order chi connectivity index (χ0) is 24.3. The lowest BCUT2D eigenvalue weighted by Crippen LogP contribution is -2.16. The highest BCUT2D eigenvalue weighted by Gasteiger charge is 2.27. The summed E-state index contributed by atoms with van der Waals surface area (Å²) in [5.74, 6) is 2.41. The van der Waals surface area contributed by atoms with Gasteiger partial charge in [0.15, 0.2) is 11.0 Å². The van der Waals surface area contributed by atoms with E-state index in [9.17, 15) is 4.57 Å². The minimum Gasteiger partial charge on any atom is -0.382 e. The van der Waals surface area contributed by atoms with Crippen LogP contribution in [0.1, 0.15) is 77.3 Å². The minimum atomic E-state index is -4.34. The summed E-state index contributed by atoms with van der Waals surface area (Å²) in [5, 5.41) is 0.784. The fourth-order valence-corrected chi connectivity index (χ4v) is 5.46. The maximum atomic E-state index is 10.5. The molecule has 0 amide bonds. The van der Waals surface area contributed by atoms with Crippen molar-refractivity contribution in [3.8, 4) is 0 Å². The van der Waals surface area contributed by atoms with Crippen LogP contribution >= 0.6 is 19.6 Å². The Kier molecular flexibility index (Phi) is 12.3. The van der Waals surface area contributed by atoms with Crippen LogP contribution in [0.2, 0.25) is 0 Å². The van der Waals surface area contributed by atoms with Crippen molar-refractivity contribution in [3.63, 3.8) is 0 Å². The van der Waals surface area contributed by atoms with E-state index >= 15 is 0 Å². The molecule has 1 saturated carbocycles. The summed E-state index contributed by atoms with van der Waals surface area (Å²) >= 11 is 1.72. The Labute approximate surface area is 201 Å². The van der Waals surface area contributed by atoms with Crippen molar-refractivity contribution in [3.05, 3.63) is 5.69 Å². The molecule has 11 heteroatoms. The largest absolute Gasteiger partial charge is 0.469 e. The van der Waals surface area contributed by atoms with Gasteiger partial charge in [0, 0.05) is 12.0 Å². The Morgan fingerprint density at radius 3 is 2.55 bits per heavy atom. The van der Waals surface area contributed by atoms with Gasteiger partial charge in [0.05, 0.1) is 24.5 Å². The quantitative estimate of drug-likeness (QED) is 0.170. The Morgan fingerprint density at radius 1 is 1.24 bits per heavy atom. The maximum absolute atomic E-state index is 10.5. The van der Waals surface area contributed by atoms with Gasteiger partial charge in [-0.3, -0.25) is 9.52 Å². The highest BCUT2D eigenvalue weighted by molar-refractivity contribution is 7.99. The average Bonchev–Trinajstić information content (AvgIpc) is 3.44. The van der Waals surface area contributed by atoms with Crippen LogP contribution in [0.25, 0.3) is 0 Å². The summed E-state index contributed by atoms with van der Waals surface area (Å²) in [4.78, 5) is 30.0. The number of unbranched alkanes of at least 4 members (excludes halogenated alkanes) is 1. The second-order valence-corrected chi connectivity index (χ2v) is 10.8. The molecular weight excluding hydrogens is 463 g/mol. The molecule has 1 aromatic rings. The second kappa shape index (κ2) is 14.4. The van der Waals surface area contributed by atoms with Crippen LogP contribution in [0.5, 0.6) is 0 Å². The van der Waals surface area contributed by atoms with Gasteiger partial charge in [0.2, 0.25) is 0 Å². The van der Waals surface area contributed by atoms with Gasteiger partial charge in [0.1, 0.15) is 5.69 Å². The highest BCUT2D eigenvalue weighted by atomic mass is 32.2. The van der Waals surface area contributed by atoms with Crippen molar-refractivity contribution in [2.45, 2.75) is 95.9 Å².